The van der Waals surface area contributed by atoms with Crippen LogP contribution < -0.4 is 5.32 Å². The lowest BCUT2D eigenvalue weighted by Gasteiger charge is -2.21. The first-order valence-electron chi connectivity index (χ1n) is 6.88. The second-order valence-electron chi connectivity index (χ2n) is 5.33. The fraction of sp³-hybridized carbons (Fsp3) is 0.571. The molecule has 0 aromatic carbocycles. The van der Waals surface area contributed by atoms with Crippen molar-refractivity contribution in [1.82, 2.24) is 14.6 Å². The Kier molecular flexibility index (Phi) is 3.17. The topological polar surface area (TPSA) is 42.2 Å². The molecule has 4 nitrogen and oxygen atoms in total. The van der Waals surface area contributed by atoms with Crippen molar-refractivity contribution in [3.05, 3.63) is 23.9 Å². The van der Waals surface area contributed by atoms with Gasteiger partial charge in [0.2, 0.25) is 5.95 Å². The minimum absolute atomic E-state index is 0.756. The second-order valence-corrected chi connectivity index (χ2v) is 5.33. The summed E-state index contributed by atoms with van der Waals surface area (Å²) in [5.41, 5.74) is 2.13. The molecule has 3 rings (SSSR count). The van der Waals surface area contributed by atoms with E-state index in [0.717, 1.165) is 24.1 Å². The van der Waals surface area contributed by atoms with Crippen LogP contribution in [0.5, 0.6) is 0 Å². The highest BCUT2D eigenvalue weighted by molar-refractivity contribution is 5.45. The summed E-state index contributed by atoms with van der Waals surface area (Å²) in [6.07, 6.45) is 8.82. The fourth-order valence-electron chi connectivity index (χ4n) is 2.69. The highest BCUT2D eigenvalue weighted by atomic mass is 15.3. The molecular formula is C14H20N4. The van der Waals surface area contributed by atoms with Crippen molar-refractivity contribution in [1.29, 1.82) is 0 Å². The third-order valence-electron chi connectivity index (χ3n) is 3.77. The van der Waals surface area contributed by atoms with Crippen molar-refractivity contribution in [3.63, 3.8) is 0 Å². The number of nitrogens with zero attached hydrogens (tertiary/aromatic N) is 3. The van der Waals surface area contributed by atoms with Crippen molar-refractivity contribution < 1.29 is 0 Å². The van der Waals surface area contributed by atoms with Crippen LogP contribution in [0.1, 0.15) is 37.7 Å². The van der Waals surface area contributed by atoms with Crippen molar-refractivity contribution >= 4 is 11.6 Å². The molecule has 0 aliphatic heterocycles. The molecule has 0 amide bonds. The van der Waals surface area contributed by atoms with Gasteiger partial charge in [-0.05, 0) is 43.4 Å². The first-order chi connectivity index (χ1) is 8.81. The molecule has 0 atom stereocenters. The van der Waals surface area contributed by atoms with Crippen LogP contribution >= 0.6 is 0 Å². The van der Waals surface area contributed by atoms with E-state index in [1.54, 1.807) is 0 Å². The number of aryl methyl sites for hydroxylation is 1. The molecule has 1 N–H and O–H groups in total. The van der Waals surface area contributed by atoms with Crippen LogP contribution in [0.25, 0.3) is 5.65 Å². The summed E-state index contributed by atoms with van der Waals surface area (Å²) in [5, 5.41) is 7.81. The molecule has 1 fully saturated rings. The van der Waals surface area contributed by atoms with Gasteiger partial charge >= 0.3 is 0 Å². The molecule has 1 aliphatic rings. The molecule has 1 aliphatic carbocycles. The van der Waals surface area contributed by atoms with E-state index in [-0.39, 0.29) is 0 Å². The molecular weight excluding hydrogens is 224 g/mol. The average molecular weight is 244 g/mol. The lowest BCUT2D eigenvalue weighted by molar-refractivity contribution is 0.373. The first kappa shape index (κ1) is 11.5. The number of anilines is 1. The van der Waals surface area contributed by atoms with Crippen LogP contribution in [0.3, 0.4) is 0 Å². The monoisotopic (exact) mass is 244 g/mol. The van der Waals surface area contributed by atoms with E-state index >= 15 is 0 Å². The van der Waals surface area contributed by atoms with Gasteiger partial charge in [0.1, 0.15) is 0 Å². The lowest BCUT2D eigenvalue weighted by atomic mass is 9.89. The largest absolute Gasteiger partial charge is 0.353 e. The Labute approximate surface area is 107 Å². The summed E-state index contributed by atoms with van der Waals surface area (Å²) < 4.78 is 1.83. The molecule has 18 heavy (non-hydrogen) atoms. The summed E-state index contributed by atoms with van der Waals surface area (Å²) >= 11 is 0. The molecule has 4 heteroatoms. The fourth-order valence-corrected chi connectivity index (χ4v) is 2.69. The van der Waals surface area contributed by atoms with E-state index in [0.29, 0.717) is 0 Å². The van der Waals surface area contributed by atoms with E-state index in [2.05, 4.69) is 28.4 Å². The van der Waals surface area contributed by atoms with Crippen molar-refractivity contribution in [2.75, 3.05) is 11.9 Å². The lowest BCUT2D eigenvalue weighted by Crippen LogP contribution is -2.17. The van der Waals surface area contributed by atoms with Crippen molar-refractivity contribution in [3.8, 4) is 0 Å². The number of rotatable bonds is 3. The molecule has 1 saturated carbocycles. The van der Waals surface area contributed by atoms with Gasteiger partial charge in [-0.2, -0.15) is 4.98 Å². The molecule has 2 aromatic heterocycles. The Morgan fingerprint density at radius 2 is 2.17 bits per heavy atom. The maximum Gasteiger partial charge on any atom is 0.243 e. The van der Waals surface area contributed by atoms with E-state index in [1.165, 1.54) is 37.7 Å². The van der Waals surface area contributed by atoms with E-state index in [4.69, 9.17) is 0 Å². The van der Waals surface area contributed by atoms with Crippen LogP contribution in [0, 0.1) is 12.8 Å². The van der Waals surface area contributed by atoms with Gasteiger partial charge in [-0.1, -0.05) is 19.3 Å². The number of nitrogens with one attached hydrogen (secondary N) is 1. The standard InChI is InChI=1S/C14H20N4/c1-11-7-8-18-13(9-11)16-14(17-18)15-10-12-5-3-2-4-6-12/h7-9,12H,2-6,10H2,1H3,(H,15,17). The number of hydrogen-bond acceptors (Lipinski definition) is 3. The van der Waals surface area contributed by atoms with Crippen LogP contribution in [0.4, 0.5) is 5.95 Å². The molecule has 96 valence electrons. The minimum Gasteiger partial charge on any atom is -0.353 e. The molecule has 0 saturated heterocycles. The van der Waals surface area contributed by atoms with Gasteiger partial charge in [0.15, 0.2) is 5.65 Å². The minimum atomic E-state index is 0.756. The zero-order valence-electron chi connectivity index (χ0n) is 10.9. The third-order valence-corrected chi connectivity index (χ3v) is 3.77. The van der Waals surface area contributed by atoms with Gasteiger partial charge in [-0.15, -0.1) is 5.10 Å². The quantitative estimate of drug-likeness (QED) is 0.902. The Balaban J connectivity index is 1.67. The highest BCUT2D eigenvalue weighted by Crippen LogP contribution is 2.23. The summed E-state index contributed by atoms with van der Waals surface area (Å²) in [6, 6.07) is 4.10. The molecule has 0 unspecified atom stereocenters. The first-order valence-corrected chi connectivity index (χ1v) is 6.88. The van der Waals surface area contributed by atoms with Crippen LogP contribution in [-0.2, 0) is 0 Å². The number of pyridine rings is 1. The van der Waals surface area contributed by atoms with Gasteiger partial charge in [0.25, 0.3) is 0 Å². The molecule has 0 bridgehead atoms. The van der Waals surface area contributed by atoms with E-state index < -0.39 is 0 Å². The van der Waals surface area contributed by atoms with E-state index in [1.807, 2.05) is 16.8 Å². The maximum absolute atomic E-state index is 4.50. The maximum atomic E-state index is 4.50. The summed E-state index contributed by atoms with van der Waals surface area (Å²) in [4.78, 5) is 4.50. The van der Waals surface area contributed by atoms with Crippen molar-refractivity contribution in [2.45, 2.75) is 39.0 Å². The number of hydrogen-bond donors (Lipinski definition) is 1. The van der Waals surface area contributed by atoms with Gasteiger partial charge in [-0.25, -0.2) is 4.52 Å². The van der Waals surface area contributed by atoms with Crippen LogP contribution in [0.2, 0.25) is 0 Å². The average Bonchev–Trinajstić information content (AvgIpc) is 2.79. The Bertz CT molecular complexity index is 526. The molecule has 2 heterocycles. The third kappa shape index (κ3) is 2.47. The molecule has 0 radical (unpaired) electrons. The molecule has 2 aromatic rings. The Morgan fingerprint density at radius 3 is 3.00 bits per heavy atom. The Hall–Kier alpha value is -1.58. The van der Waals surface area contributed by atoms with Crippen LogP contribution in [0.15, 0.2) is 18.3 Å². The number of aromatic nitrogens is 3. The predicted molar refractivity (Wildman–Crippen MR) is 72.8 cm³/mol. The second kappa shape index (κ2) is 4.96. The molecule has 0 spiro atoms. The summed E-state index contributed by atoms with van der Waals surface area (Å²) in [5.74, 6) is 1.55. The normalized spacial score (nSPS) is 17.2. The number of fused-ring (bicyclic) bond motifs is 1. The van der Waals surface area contributed by atoms with Crippen molar-refractivity contribution in [2.24, 2.45) is 5.92 Å². The zero-order chi connectivity index (χ0) is 12.4. The van der Waals surface area contributed by atoms with Gasteiger partial charge < -0.3 is 5.32 Å². The summed E-state index contributed by atoms with van der Waals surface area (Å²) in [6.45, 7) is 3.08. The Morgan fingerprint density at radius 1 is 1.33 bits per heavy atom. The summed E-state index contributed by atoms with van der Waals surface area (Å²) in [7, 11) is 0. The highest BCUT2D eigenvalue weighted by Gasteiger charge is 2.13. The van der Waals surface area contributed by atoms with Crippen LogP contribution in [-0.4, -0.2) is 21.1 Å². The zero-order valence-corrected chi connectivity index (χ0v) is 10.9. The van der Waals surface area contributed by atoms with Gasteiger partial charge in [-0.3, -0.25) is 0 Å². The SMILES string of the molecule is Cc1ccn2nc(NCC3CCCCC3)nc2c1. The van der Waals surface area contributed by atoms with Gasteiger partial charge in [0, 0.05) is 12.7 Å². The smallest absolute Gasteiger partial charge is 0.243 e. The van der Waals surface area contributed by atoms with Gasteiger partial charge in [0.05, 0.1) is 0 Å². The van der Waals surface area contributed by atoms with E-state index in [9.17, 15) is 0 Å². The predicted octanol–water partition coefficient (Wildman–Crippen LogP) is 3.03.